The van der Waals surface area contributed by atoms with Crippen LogP contribution in [-0.2, 0) is 16.1 Å². The lowest BCUT2D eigenvalue weighted by Crippen LogP contribution is -2.43. The van der Waals surface area contributed by atoms with Crippen LogP contribution in [0.4, 0.5) is 0 Å². The van der Waals surface area contributed by atoms with Crippen LogP contribution in [0.3, 0.4) is 0 Å². The predicted molar refractivity (Wildman–Crippen MR) is 123 cm³/mol. The molecule has 2 atom stereocenters. The van der Waals surface area contributed by atoms with E-state index < -0.39 is 0 Å². The van der Waals surface area contributed by atoms with Crippen molar-refractivity contribution in [3.8, 4) is 0 Å². The summed E-state index contributed by atoms with van der Waals surface area (Å²) in [5.41, 5.74) is 3.58. The molecule has 2 aliphatic rings. The highest BCUT2D eigenvalue weighted by Gasteiger charge is 2.39. The minimum atomic E-state index is -0.346. The number of H-pyrrole nitrogens is 1. The van der Waals surface area contributed by atoms with E-state index in [1.807, 2.05) is 36.4 Å². The van der Waals surface area contributed by atoms with E-state index in [0.717, 1.165) is 47.6 Å². The number of thioether (sulfide) groups is 1. The second-order valence-corrected chi connectivity index (χ2v) is 9.74. The number of likely N-dealkylation sites (tertiary alicyclic amines) is 1. The zero-order valence-corrected chi connectivity index (χ0v) is 18.7. The molecule has 0 spiro atoms. The third-order valence-corrected chi connectivity index (χ3v) is 7.09. The standard InChI is InChI=1S/C24H26N4O3S/c1-31-23(30)16-8-6-15(7-9-16)13-28-14-18(12-21(28)22(29)25-17-10-11-17)32-24-26-19-4-2-3-5-20(19)27-24/h2-9,17-18,21H,10-14H2,1H3,(H,25,29)(H,26,27)/t18-,21+/m1/s1. The fourth-order valence-electron chi connectivity index (χ4n) is 4.16. The van der Waals surface area contributed by atoms with Crippen LogP contribution in [0.1, 0.15) is 35.2 Å². The lowest BCUT2D eigenvalue weighted by Gasteiger charge is -2.23. The summed E-state index contributed by atoms with van der Waals surface area (Å²) in [5, 5.41) is 4.33. The number of benzene rings is 2. The number of hydrogen-bond acceptors (Lipinski definition) is 6. The Hall–Kier alpha value is -2.84. The zero-order valence-electron chi connectivity index (χ0n) is 17.9. The van der Waals surface area contributed by atoms with Crippen molar-refractivity contribution in [2.45, 2.75) is 48.3 Å². The number of ether oxygens (including phenoxy) is 1. The molecule has 8 heteroatoms. The van der Waals surface area contributed by atoms with Crippen LogP contribution < -0.4 is 5.32 Å². The molecule has 5 rings (SSSR count). The van der Waals surface area contributed by atoms with Crippen molar-refractivity contribution in [3.05, 3.63) is 59.7 Å². The molecule has 32 heavy (non-hydrogen) atoms. The number of esters is 1. The average molecular weight is 451 g/mol. The molecule has 2 heterocycles. The summed E-state index contributed by atoms with van der Waals surface area (Å²) < 4.78 is 4.78. The minimum absolute atomic E-state index is 0.117. The third-order valence-electron chi connectivity index (χ3n) is 6.00. The molecule has 3 aromatic rings. The topological polar surface area (TPSA) is 87.3 Å². The number of para-hydroxylation sites is 2. The maximum Gasteiger partial charge on any atom is 0.337 e. The Kier molecular flexibility index (Phi) is 5.89. The van der Waals surface area contributed by atoms with Crippen LogP contribution >= 0.6 is 11.8 Å². The van der Waals surface area contributed by atoms with Crippen molar-refractivity contribution >= 4 is 34.7 Å². The second-order valence-electron chi connectivity index (χ2n) is 8.45. The van der Waals surface area contributed by atoms with Crippen molar-refractivity contribution in [2.24, 2.45) is 0 Å². The van der Waals surface area contributed by atoms with Crippen molar-refractivity contribution in [1.29, 1.82) is 0 Å². The van der Waals surface area contributed by atoms with E-state index in [0.29, 0.717) is 18.2 Å². The van der Waals surface area contributed by atoms with Gasteiger partial charge in [-0.25, -0.2) is 9.78 Å². The van der Waals surface area contributed by atoms with Crippen molar-refractivity contribution in [3.63, 3.8) is 0 Å². The van der Waals surface area contributed by atoms with Gasteiger partial charge in [-0.3, -0.25) is 9.69 Å². The number of fused-ring (bicyclic) bond motifs is 1. The van der Waals surface area contributed by atoms with Crippen molar-refractivity contribution in [2.75, 3.05) is 13.7 Å². The maximum absolute atomic E-state index is 13.0. The highest BCUT2D eigenvalue weighted by Crippen LogP contribution is 2.34. The average Bonchev–Trinajstić information content (AvgIpc) is 3.38. The highest BCUT2D eigenvalue weighted by atomic mass is 32.2. The molecule has 1 aliphatic heterocycles. The number of methoxy groups -OCH3 is 1. The molecule has 1 aliphatic carbocycles. The molecule has 0 unspecified atom stereocenters. The Labute approximate surface area is 190 Å². The number of aromatic amines is 1. The molecule has 2 fully saturated rings. The van der Waals surface area contributed by atoms with E-state index in [2.05, 4.69) is 15.2 Å². The van der Waals surface area contributed by atoms with Gasteiger partial charge in [0.2, 0.25) is 5.91 Å². The molecule has 166 valence electrons. The molecular weight excluding hydrogens is 424 g/mol. The Morgan fingerprint density at radius 2 is 1.97 bits per heavy atom. The van der Waals surface area contributed by atoms with E-state index in [-0.39, 0.29) is 23.2 Å². The lowest BCUT2D eigenvalue weighted by molar-refractivity contribution is -0.125. The van der Waals surface area contributed by atoms with Gasteiger partial charge >= 0.3 is 5.97 Å². The Bertz CT molecular complexity index is 1090. The third kappa shape index (κ3) is 4.66. The molecule has 1 aromatic heterocycles. The number of carbonyl (C=O) groups is 2. The number of nitrogens with zero attached hydrogens (tertiary/aromatic N) is 2. The zero-order chi connectivity index (χ0) is 22.1. The quantitative estimate of drug-likeness (QED) is 0.537. The van der Waals surface area contributed by atoms with Gasteiger partial charge in [0.05, 0.1) is 29.7 Å². The summed E-state index contributed by atoms with van der Waals surface area (Å²) in [5.74, 6) is -0.229. The molecule has 1 saturated carbocycles. The van der Waals surface area contributed by atoms with Gasteiger partial charge in [0.25, 0.3) is 0 Å². The fraction of sp³-hybridized carbons (Fsp3) is 0.375. The van der Waals surface area contributed by atoms with Gasteiger partial charge in [-0.1, -0.05) is 36.0 Å². The molecule has 1 amide bonds. The monoisotopic (exact) mass is 450 g/mol. The number of carbonyl (C=O) groups excluding carboxylic acids is 2. The van der Waals surface area contributed by atoms with Gasteiger partial charge in [-0.15, -0.1) is 0 Å². The van der Waals surface area contributed by atoms with E-state index in [9.17, 15) is 9.59 Å². The molecule has 2 aromatic carbocycles. The van der Waals surface area contributed by atoms with Crippen molar-refractivity contribution < 1.29 is 14.3 Å². The van der Waals surface area contributed by atoms with Gasteiger partial charge in [0, 0.05) is 24.4 Å². The SMILES string of the molecule is COC(=O)c1ccc(CN2C[C@H](Sc3nc4ccccc4[nH]3)C[C@H]2C(=O)NC2CC2)cc1. The summed E-state index contributed by atoms with van der Waals surface area (Å²) in [6.07, 6.45) is 2.93. The van der Waals surface area contributed by atoms with Crippen LogP contribution in [0.2, 0.25) is 0 Å². The smallest absolute Gasteiger partial charge is 0.337 e. The normalized spacial score (nSPS) is 21.0. The van der Waals surface area contributed by atoms with Crippen molar-refractivity contribution in [1.82, 2.24) is 20.2 Å². The van der Waals surface area contributed by atoms with Gasteiger partial charge < -0.3 is 15.0 Å². The summed E-state index contributed by atoms with van der Waals surface area (Å²) in [4.78, 5) is 35.0. The van der Waals surface area contributed by atoms with E-state index in [4.69, 9.17) is 9.72 Å². The second kappa shape index (κ2) is 8.96. The first-order valence-corrected chi connectivity index (χ1v) is 11.8. The van der Waals surface area contributed by atoms with Gasteiger partial charge in [-0.05, 0) is 49.1 Å². The number of amides is 1. The Morgan fingerprint density at radius 3 is 2.69 bits per heavy atom. The lowest BCUT2D eigenvalue weighted by atomic mass is 10.1. The number of rotatable bonds is 7. The largest absolute Gasteiger partial charge is 0.465 e. The van der Waals surface area contributed by atoms with Gasteiger partial charge in [-0.2, -0.15) is 0 Å². The Balaban J connectivity index is 1.30. The van der Waals surface area contributed by atoms with Crippen LogP contribution in [0.15, 0.2) is 53.7 Å². The molecular formula is C24H26N4O3S. The summed E-state index contributed by atoms with van der Waals surface area (Å²) >= 11 is 1.71. The number of aromatic nitrogens is 2. The minimum Gasteiger partial charge on any atom is -0.465 e. The summed E-state index contributed by atoms with van der Waals surface area (Å²) in [7, 11) is 1.38. The van der Waals surface area contributed by atoms with Crippen LogP contribution in [0, 0.1) is 0 Å². The van der Waals surface area contributed by atoms with E-state index in [1.54, 1.807) is 23.9 Å². The Morgan fingerprint density at radius 1 is 1.19 bits per heavy atom. The predicted octanol–water partition coefficient (Wildman–Crippen LogP) is 3.36. The van der Waals surface area contributed by atoms with Crippen LogP contribution in [0.5, 0.6) is 0 Å². The number of hydrogen-bond donors (Lipinski definition) is 2. The first-order valence-electron chi connectivity index (χ1n) is 10.9. The molecule has 0 bridgehead atoms. The van der Waals surface area contributed by atoms with E-state index in [1.165, 1.54) is 7.11 Å². The first kappa shape index (κ1) is 21.0. The summed E-state index contributed by atoms with van der Waals surface area (Å²) in [6.45, 7) is 1.45. The van der Waals surface area contributed by atoms with Gasteiger partial charge in [0.15, 0.2) is 5.16 Å². The molecule has 7 nitrogen and oxygen atoms in total. The number of nitrogens with one attached hydrogen (secondary N) is 2. The van der Waals surface area contributed by atoms with Gasteiger partial charge in [0.1, 0.15) is 0 Å². The van der Waals surface area contributed by atoms with Crippen LogP contribution in [-0.4, -0.2) is 57.7 Å². The maximum atomic E-state index is 13.0. The highest BCUT2D eigenvalue weighted by molar-refractivity contribution is 7.99. The molecule has 2 N–H and O–H groups in total. The summed E-state index contributed by atoms with van der Waals surface area (Å²) in [6, 6.07) is 15.6. The molecule has 0 radical (unpaired) electrons. The first-order chi connectivity index (χ1) is 15.6. The molecule has 1 saturated heterocycles. The number of imidazole rings is 1. The fourth-order valence-corrected chi connectivity index (χ4v) is 5.34. The van der Waals surface area contributed by atoms with E-state index >= 15 is 0 Å². The van der Waals surface area contributed by atoms with Crippen LogP contribution in [0.25, 0.3) is 11.0 Å².